The average molecular weight is 658 g/mol. The fraction of sp³-hybridized carbons (Fsp3) is 0.102. The van der Waals surface area contributed by atoms with Crippen molar-refractivity contribution in [2.24, 2.45) is 0 Å². The van der Waals surface area contributed by atoms with Gasteiger partial charge in [-0.3, -0.25) is 0 Å². The highest BCUT2D eigenvalue weighted by Gasteiger charge is 2.19. The van der Waals surface area contributed by atoms with E-state index in [-0.39, 0.29) is 0 Å². The first-order valence-electron chi connectivity index (χ1n) is 18.1. The average Bonchev–Trinajstić information content (AvgIpc) is 3.40. The van der Waals surface area contributed by atoms with Gasteiger partial charge in [-0.2, -0.15) is 0 Å². The van der Waals surface area contributed by atoms with E-state index in [1.807, 2.05) is 0 Å². The van der Waals surface area contributed by atoms with Gasteiger partial charge in [0.25, 0.3) is 0 Å². The summed E-state index contributed by atoms with van der Waals surface area (Å²) in [5.41, 5.74) is 15.7. The SMILES string of the molecule is C1=CCCC(c2ccc3c(c2)oc2ccc(-c4ccc(C5=CCC=C(N(C6=CC=C(c7ccccc7)CC6)c6ccccc6)C=C5)cc4)cc23)=C1. The molecule has 2 heteroatoms. The van der Waals surface area contributed by atoms with E-state index in [4.69, 9.17) is 4.42 Å². The van der Waals surface area contributed by atoms with Crippen LogP contribution in [0.2, 0.25) is 0 Å². The van der Waals surface area contributed by atoms with Crippen molar-refractivity contribution in [1.82, 2.24) is 0 Å². The quantitative estimate of drug-likeness (QED) is 0.170. The van der Waals surface area contributed by atoms with E-state index in [1.54, 1.807) is 0 Å². The topological polar surface area (TPSA) is 16.4 Å². The number of allylic oxidation sites excluding steroid dienone is 13. The van der Waals surface area contributed by atoms with Crippen LogP contribution < -0.4 is 4.90 Å². The number of benzene rings is 5. The van der Waals surface area contributed by atoms with Crippen LogP contribution in [0.1, 0.15) is 48.8 Å². The van der Waals surface area contributed by atoms with Crippen molar-refractivity contribution in [2.45, 2.75) is 32.1 Å². The number of hydrogen-bond donors (Lipinski definition) is 0. The first kappa shape index (κ1) is 30.9. The maximum Gasteiger partial charge on any atom is 0.136 e. The zero-order valence-electron chi connectivity index (χ0n) is 28.6. The zero-order valence-corrected chi connectivity index (χ0v) is 28.6. The van der Waals surface area contributed by atoms with Crippen LogP contribution in [0.5, 0.6) is 0 Å². The van der Waals surface area contributed by atoms with Gasteiger partial charge in [-0.25, -0.2) is 0 Å². The number of nitrogens with zero attached hydrogens (tertiary/aromatic N) is 1. The van der Waals surface area contributed by atoms with Gasteiger partial charge in [-0.15, -0.1) is 0 Å². The summed E-state index contributed by atoms with van der Waals surface area (Å²) in [6.07, 6.45) is 25.5. The molecular weight excluding hydrogens is 619 g/mol. The Hall–Kier alpha value is -6.12. The largest absolute Gasteiger partial charge is 0.456 e. The van der Waals surface area contributed by atoms with Gasteiger partial charge in [0, 0.05) is 27.9 Å². The van der Waals surface area contributed by atoms with Crippen molar-refractivity contribution in [3.8, 4) is 11.1 Å². The molecule has 0 unspecified atom stereocenters. The lowest BCUT2D eigenvalue weighted by Crippen LogP contribution is -2.22. The summed E-state index contributed by atoms with van der Waals surface area (Å²) in [5, 5.41) is 2.32. The van der Waals surface area contributed by atoms with Crippen LogP contribution >= 0.6 is 0 Å². The van der Waals surface area contributed by atoms with E-state index in [9.17, 15) is 0 Å². The minimum absolute atomic E-state index is 0.862. The fourth-order valence-electron chi connectivity index (χ4n) is 7.62. The summed E-state index contributed by atoms with van der Waals surface area (Å²) in [6, 6.07) is 43.7. The lowest BCUT2D eigenvalue weighted by Gasteiger charge is -2.30. The van der Waals surface area contributed by atoms with Gasteiger partial charge in [0.15, 0.2) is 0 Å². The molecule has 0 N–H and O–H groups in total. The minimum atomic E-state index is 0.862. The van der Waals surface area contributed by atoms with Crippen LogP contribution in [-0.2, 0) is 0 Å². The summed E-state index contributed by atoms with van der Waals surface area (Å²) in [6.45, 7) is 0. The molecule has 3 aliphatic rings. The van der Waals surface area contributed by atoms with E-state index in [1.165, 1.54) is 61.6 Å². The molecule has 0 radical (unpaired) electrons. The predicted molar refractivity (Wildman–Crippen MR) is 216 cm³/mol. The van der Waals surface area contributed by atoms with Crippen molar-refractivity contribution in [1.29, 1.82) is 0 Å². The van der Waals surface area contributed by atoms with Crippen molar-refractivity contribution in [3.63, 3.8) is 0 Å². The van der Waals surface area contributed by atoms with Crippen LogP contribution in [0.15, 0.2) is 192 Å². The van der Waals surface area contributed by atoms with Crippen LogP contribution in [-0.4, -0.2) is 0 Å². The van der Waals surface area contributed by atoms with E-state index in [0.29, 0.717) is 0 Å². The molecule has 6 aromatic rings. The summed E-state index contributed by atoms with van der Waals surface area (Å²) in [4.78, 5) is 2.43. The monoisotopic (exact) mass is 657 g/mol. The minimum Gasteiger partial charge on any atom is -0.456 e. The Kier molecular flexibility index (Phi) is 8.27. The van der Waals surface area contributed by atoms with Gasteiger partial charge >= 0.3 is 0 Å². The molecule has 1 heterocycles. The summed E-state index contributed by atoms with van der Waals surface area (Å²) >= 11 is 0. The number of fused-ring (bicyclic) bond motifs is 3. The van der Waals surface area contributed by atoms with Gasteiger partial charge in [-0.1, -0.05) is 127 Å². The standard InChI is InChI=1S/C49H39NO/c1-4-11-35(12-5-1)39-24-29-45(30-25-39)50(43-16-8-3-9-17-43)44-18-10-15-37(23-28-44)38-19-21-40(22-20-38)41-27-32-48-47(33-41)46-31-26-42(34-49(46)51-48)36-13-6-2-7-14-36/h1-6,8-9,11-13,15-24,26-29,31-34H,7,10,14,25,30H2. The normalized spacial score (nSPS) is 15.9. The molecule has 0 atom stereocenters. The van der Waals surface area contributed by atoms with Crippen molar-refractivity contribution < 1.29 is 4.42 Å². The third-order valence-electron chi connectivity index (χ3n) is 10.3. The van der Waals surface area contributed by atoms with Crippen molar-refractivity contribution in [3.05, 3.63) is 204 Å². The number of furan rings is 1. The predicted octanol–water partition coefficient (Wildman–Crippen LogP) is 13.5. The Morgan fingerprint density at radius 1 is 0.510 bits per heavy atom. The van der Waals surface area contributed by atoms with Crippen LogP contribution in [0.3, 0.4) is 0 Å². The highest BCUT2D eigenvalue weighted by Crippen LogP contribution is 2.37. The highest BCUT2D eigenvalue weighted by atomic mass is 16.3. The van der Waals surface area contributed by atoms with Crippen LogP contribution in [0.25, 0.3) is 49.8 Å². The number of para-hydroxylation sites is 1. The van der Waals surface area contributed by atoms with E-state index in [2.05, 4.69) is 181 Å². The third-order valence-corrected chi connectivity index (χ3v) is 10.3. The molecule has 0 saturated heterocycles. The maximum atomic E-state index is 6.33. The highest BCUT2D eigenvalue weighted by molar-refractivity contribution is 6.07. The van der Waals surface area contributed by atoms with Crippen LogP contribution in [0.4, 0.5) is 5.69 Å². The molecule has 51 heavy (non-hydrogen) atoms. The summed E-state index contributed by atoms with van der Waals surface area (Å²) in [7, 11) is 0. The number of anilines is 1. The Bertz CT molecular complexity index is 2460. The van der Waals surface area contributed by atoms with Crippen molar-refractivity contribution >= 4 is 44.3 Å². The maximum absolute atomic E-state index is 6.33. The van der Waals surface area contributed by atoms with Gasteiger partial charge in [0.2, 0.25) is 0 Å². The molecule has 0 amide bonds. The lowest BCUT2D eigenvalue weighted by molar-refractivity contribution is 0.669. The molecule has 1 aromatic heterocycles. The van der Waals surface area contributed by atoms with Gasteiger partial charge in [-0.05, 0) is 125 Å². The smallest absolute Gasteiger partial charge is 0.136 e. The zero-order chi connectivity index (χ0) is 34.0. The number of rotatable bonds is 7. The second-order valence-electron chi connectivity index (χ2n) is 13.5. The molecule has 9 rings (SSSR count). The molecule has 0 saturated carbocycles. The Morgan fingerprint density at radius 2 is 1.27 bits per heavy atom. The first-order chi connectivity index (χ1) is 25.3. The second-order valence-corrected chi connectivity index (χ2v) is 13.5. The molecule has 3 aliphatic carbocycles. The van der Waals surface area contributed by atoms with Gasteiger partial charge in [0.1, 0.15) is 11.2 Å². The molecule has 5 aromatic carbocycles. The Morgan fingerprint density at radius 3 is 2.06 bits per heavy atom. The van der Waals surface area contributed by atoms with E-state index < -0.39 is 0 Å². The molecule has 0 bridgehead atoms. The number of hydrogen-bond acceptors (Lipinski definition) is 2. The molecule has 0 spiro atoms. The first-order valence-corrected chi connectivity index (χ1v) is 18.1. The fourth-order valence-corrected chi connectivity index (χ4v) is 7.62. The van der Waals surface area contributed by atoms with Crippen LogP contribution in [0, 0.1) is 0 Å². The van der Waals surface area contributed by atoms with E-state index in [0.717, 1.165) is 54.0 Å². The molecule has 2 nitrogen and oxygen atoms in total. The summed E-state index contributed by atoms with van der Waals surface area (Å²) < 4.78 is 6.33. The summed E-state index contributed by atoms with van der Waals surface area (Å²) in [5.74, 6) is 0. The van der Waals surface area contributed by atoms with Crippen molar-refractivity contribution in [2.75, 3.05) is 4.90 Å². The molecule has 246 valence electrons. The Balaban J connectivity index is 0.959. The third kappa shape index (κ3) is 6.26. The lowest BCUT2D eigenvalue weighted by atomic mass is 9.95. The van der Waals surface area contributed by atoms with Gasteiger partial charge in [0.05, 0.1) is 0 Å². The molecule has 0 fully saturated rings. The van der Waals surface area contributed by atoms with E-state index >= 15 is 0 Å². The molecule has 0 aliphatic heterocycles. The Labute approximate surface area is 300 Å². The molecular formula is C49H39NO. The second kappa shape index (κ2) is 13.7. The van der Waals surface area contributed by atoms with Gasteiger partial charge < -0.3 is 9.32 Å².